The Morgan fingerprint density at radius 3 is 1.85 bits per heavy atom. The quantitative estimate of drug-likeness (QED) is 0.241. The van der Waals surface area contributed by atoms with E-state index in [2.05, 4.69) is 0 Å². The van der Waals surface area contributed by atoms with Gasteiger partial charge in [0.1, 0.15) is 24.4 Å². The van der Waals surface area contributed by atoms with Gasteiger partial charge in [0.25, 0.3) is 0 Å². The predicted octanol–water partition coefficient (Wildman–Crippen LogP) is -2.27. The molecule has 0 bridgehead atoms. The van der Waals surface area contributed by atoms with Crippen molar-refractivity contribution < 1.29 is 54.8 Å². The molecule has 0 aromatic heterocycles. The van der Waals surface area contributed by atoms with E-state index in [1.54, 1.807) is 0 Å². The number of rotatable bonds is 8. The highest BCUT2D eigenvalue weighted by Crippen LogP contribution is 2.36. The van der Waals surface area contributed by atoms with Crippen LogP contribution in [0, 0.1) is 0 Å². The maximum absolute atomic E-state index is 10.7. The molecular formula is C15H22O11. The fraction of sp³-hybridized carbons (Fsp3) is 0.467. The zero-order valence-corrected chi connectivity index (χ0v) is 14.0. The molecule has 0 radical (unpaired) electrons. The Kier molecular flexibility index (Phi) is 10.2. The van der Waals surface area contributed by atoms with E-state index in [1.165, 1.54) is 26.4 Å². The van der Waals surface area contributed by atoms with Crippen molar-refractivity contribution in [1.82, 2.24) is 0 Å². The lowest BCUT2D eigenvalue weighted by Crippen LogP contribution is -2.46. The summed E-state index contributed by atoms with van der Waals surface area (Å²) >= 11 is 0. The number of phenolic OH excluding ortho intramolecular Hbond substituents is 1. The van der Waals surface area contributed by atoms with Gasteiger partial charge >= 0.3 is 5.97 Å². The third kappa shape index (κ3) is 6.46. The number of aliphatic hydroxyl groups is 5. The molecule has 7 N–H and O–H groups in total. The number of carbonyl (C=O) groups excluding carboxylic acids is 1. The number of methoxy groups -OCH3 is 2. The third-order valence-electron chi connectivity index (χ3n) is 3.15. The van der Waals surface area contributed by atoms with Crippen LogP contribution in [0.25, 0.3) is 0 Å². The second-order valence-corrected chi connectivity index (χ2v) is 4.89. The summed E-state index contributed by atoms with van der Waals surface area (Å²) in [7, 11) is 2.67. The molecule has 0 aliphatic rings. The van der Waals surface area contributed by atoms with Crippen LogP contribution in [0.2, 0.25) is 0 Å². The van der Waals surface area contributed by atoms with Crippen molar-refractivity contribution in [1.29, 1.82) is 0 Å². The molecule has 1 aromatic carbocycles. The first-order valence-electron chi connectivity index (χ1n) is 7.11. The Morgan fingerprint density at radius 1 is 1.08 bits per heavy atom. The van der Waals surface area contributed by atoms with E-state index in [1.807, 2.05) is 0 Å². The van der Waals surface area contributed by atoms with E-state index in [0.717, 1.165) is 0 Å². The first-order valence-corrected chi connectivity index (χ1v) is 7.11. The first-order chi connectivity index (χ1) is 12.1. The number of aliphatic hydroxyl groups excluding tert-OH is 5. The van der Waals surface area contributed by atoms with Crippen LogP contribution < -0.4 is 9.47 Å². The van der Waals surface area contributed by atoms with Gasteiger partial charge in [-0.15, -0.1) is 0 Å². The minimum atomic E-state index is -1.79. The second-order valence-electron chi connectivity index (χ2n) is 4.89. The van der Waals surface area contributed by atoms with Crippen molar-refractivity contribution in [3.05, 3.63) is 17.7 Å². The second kappa shape index (κ2) is 11.2. The standard InChI is InChI=1S/C9H10O5.C6H12O6/c1-13-6-3-5(9(11)12)4-7(14-2)8(6)10;7-1-3(9)5(11)6(12)4(10)2-8/h3-4,10H,1-2H3,(H,11,12);1,3-6,8-12H,2H2. The van der Waals surface area contributed by atoms with Crippen LogP contribution >= 0.6 is 0 Å². The highest BCUT2D eigenvalue weighted by atomic mass is 16.5. The molecule has 11 heteroatoms. The molecule has 0 saturated heterocycles. The molecule has 1 aromatic rings. The van der Waals surface area contributed by atoms with Gasteiger partial charge in [0, 0.05) is 0 Å². The average molecular weight is 378 g/mol. The molecule has 0 spiro atoms. The molecule has 0 fully saturated rings. The molecule has 4 unspecified atom stereocenters. The summed E-state index contributed by atoms with van der Waals surface area (Å²) in [6.07, 6.45) is -6.84. The van der Waals surface area contributed by atoms with Crippen LogP contribution in [0.3, 0.4) is 0 Å². The molecule has 26 heavy (non-hydrogen) atoms. The Labute approximate surface area is 148 Å². The van der Waals surface area contributed by atoms with Crippen LogP contribution in [-0.4, -0.2) is 93.2 Å². The first kappa shape index (κ1) is 23.6. The van der Waals surface area contributed by atoms with Crippen molar-refractivity contribution in [2.24, 2.45) is 0 Å². The van der Waals surface area contributed by atoms with Crippen LogP contribution in [0.15, 0.2) is 12.1 Å². The van der Waals surface area contributed by atoms with E-state index < -0.39 is 37.0 Å². The Morgan fingerprint density at radius 2 is 1.54 bits per heavy atom. The molecular weight excluding hydrogens is 356 g/mol. The van der Waals surface area contributed by atoms with Crippen LogP contribution in [0.5, 0.6) is 17.2 Å². The van der Waals surface area contributed by atoms with E-state index >= 15 is 0 Å². The van der Waals surface area contributed by atoms with Gasteiger partial charge in [0.05, 0.1) is 26.4 Å². The molecule has 0 heterocycles. The number of aldehydes is 1. The van der Waals surface area contributed by atoms with Gasteiger partial charge in [-0.1, -0.05) is 0 Å². The number of hydrogen-bond donors (Lipinski definition) is 7. The number of ether oxygens (including phenoxy) is 2. The average Bonchev–Trinajstić information content (AvgIpc) is 2.65. The zero-order chi connectivity index (χ0) is 20.4. The topological polar surface area (TPSA) is 194 Å². The highest BCUT2D eigenvalue weighted by molar-refractivity contribution is 5.89. The molecule has 0 amide bonds. The lowest BCUT2D eigenvalue weighted by Gasteiger charge is -2.22. The van der Waals surface area contributed by atoms with E-state index in [9.17, 15) is 14.7 Å². The predicted molar refractivity (Wildman–Crippen MR) is 85.3 cm³/mol. The molecule has 1 rings (SSSR count). The van der Waals surface area contributed by atoms with Crippen molar-refractivity contribution in [3.63, 3.8) is 0 Å². The van der Waals surface area contributed by atoms with Crippen LogP contribution in [0.4, 0.5) is 0 Å². The minimum absolute atomic E-state index is 0.00324. The number of carboxylic acid groups (broad SMARTS) is 1. The summed E-state index contributed by atoms with van der Waals surface area (Å²) in [6, 6.07) is 2.44. The van der Waals surface area contributed by atoms with Crippen molar-refractivity contribution in [3.8, 4) is 17.2 Å². The number of hydrogen-bond acceptors (Lipinski definition) is 10. The van der Waals surface area contributed by atoms with Crippen molar-refractivity contribution >= 4 is 12.3 Å². The van der Waals surface area contributed by atoms with Crippen molar-refractivity contribution in [2.45, 2.75) is 24.4 Å². The minimum Gasteiger partial charge on any atom is -0.502 e. The maximum Gasteiger partial charge on any atom is 0.335 e. The molecule has 0 saturated carbocycles. The number of aromatic carboxylic acids is 1. The van der Waals surface area contributed by atoms with Gasteiger partial charge in [-0.25, -0.2) is 4.79 Å². The van der Waals surface area contributed by atoms with Gasteiger partial charge < -0.3 is 50.0 Å². The third-order valence-corrected chi connectivity index (χ3v) is 3.15. The SMILES string of the molecule is COc1cc(C(=O)O)cc(OC)c1O.O=CC(O)C(O)C(O)C(O)CO. The molecule has 0 aliphatic carbocycles. The fourth-order valence-electron chi connectivity index (χ4n) is 1.64. The number of carbonyl (C=O) groups is 2. The summed E-state index contributed by atoms with van der Waals surface area (Å²) in [5.74, 6) is -1.18. The Bertz CT molecular complexity index is 564. The number of phenols is 1. The van der Waals surface area contributed by atoms with Crippen molar-refractivity contribution in [2.75, 3.05) is 20.8 Å². The number of aromatic hydroxyl groups is 1. The maximum atomic E-state index is 10.7. The fourth-order valence-corrected chi connectivity index (χ4v) is 1.64. The summed E-state index contributed by atoms with van der Waals surface area (Å²) in [5, 5.41) is 61.7. The molecule has 11 nitrogen and oxygen atoms in total. The van der Waals surface area contributed by atoms with E-state index in [-0.39, 0.29) is 29.1 Å². The van der Waals surface area contributed by atoms with E-state index in [4.69, 9.17) is 40.1 Å². The van der Waals surface area contributed by atoms with Gasteiger partial charge in [0.15, 0.2) is 17.8 Å². The lowest BCUT2D eigenvalue weighted by molar-refractivity contribution is -0.136. The smallest absolute Gasteiger partial charge is 0.335 e. The van der Waals surface area contributed by atoms with Gasteiger partial charge in [-0.05, 0) is 12.1 Å². The number of carboxylic acids is 1. The molecule has 0 aliphatic heterocycles. The van der Waals surface area contributed by atoms with E-state index in [0.29, 0.717) is 0 Å². The lowest BCUT2D eigenvalue weighted by atomic mass is 10.0. The van der Waals surface area contributed by atoms with Gasteiger partial charge in [-0.3, -0.25) is 0 Å². The summed E-state index contributed by atoms with van der Waals surface area (Å²) < 4.78 is 9.57. The normalized spacial score (nSPS) is 14.9. The summed E-state index contributed by atoms with van der Waals surface area (Å²) in [6.45, 7) is -0.760. The number of benzene rings is 1. The van der Waals surface area contributed by atoms with Crippen LogP contribution in [0.1, 0.15) is 10.4 Å². The largest absolute Gasteiger partial charge is 0.502 e. The Hall–Kier alpha value is -2.44. The summed E-state index contributed by atoms with van der Waals surface area (Å²) in [4.78, 5) is 20.6. The Balaban J connectivity index is 0.000000488. The molecule has 148 valence electrons. The van der Waals surface area contributed by atoms with Gasteiger partial charge in [0.2, 0.25) is 5.75 Å². The van der Waals surface area contributed by atoms with Gasteiger partial charge in [-0.2, -0.15) is 0 Å². The zero-order valence-electron chi connectivity index (χ0n) is 14.0. The monoisotopic (exact) mass is 378 g/mol. The van der Waals surface area contributed by atoms with Crippen LogP contribution in [-0.2, 0) is 4.79 Å². The molecule has 4 atom stereocenters. The summed E-state index contributed by atoms with van der Waals surface area (Å²) in [5.41, 5.74) is -0.00324. The highest BCUT2D eigenvalue weighted by Gasteiger charge is 2.29.